The second-order valence-corrected chi connectivity index (χ2v) is 12.3. The van der Waals surface area contributed by atoms with E-state index in [0.717, 1.165) is 12.8 Å². The van der Waals surface area contributed by atoms with Crippen LogP contribution in [-0.2, 0) is 29.0 Å². The number of aliphatic hydroxyl groups excluding tert-OH is 1. The quantitative estimate of drug-likeness (QED) is 0.117. The fourth-order valence-corrected chi connectivity index (χ4v) is 6.50. The van der Waals surface area contributed by atoms with Gasteiger partial charge in [-0.3, -0.25) is 9.32 Å². The number of halogens is 1. The molecule has 230 valence electrons. The number of esters is 1. The summed E-state index contributed by atoms with van der Waals surface area (Å²) in [5, 5.41) is 29.8. The Kier molecular flexibility index (Phi) is 10.1. The second kappa shape index (κ2) is 13.3. The lowest BCUT2D eigenvalue weighted by atomic mass is 9.86. The maximum absolute atomic E-state index is 14.0. The van der Waals surface area contributed by atoms with Crippen LogP contribution in [0.1, 0.15) is 39.3 Å². The van der Waals surface area contributed by atoms with E-state index in [4.69, 9.17) is 35.9 Å². The van der Waals surface area contributed by atoms with Gasteiger partial charge in [0.25, 0.3) is 0 Å². The van der Waals surface area contributed by atoms with Crippen molar-refractivity contribution in [1.82, 2.24) is 19.7 Å². The van der Waals surface area contributed by atoms with Gasteiger partial charge in [-0.1, -0.05) is 44.9 Å². The fourth-order valence-electron chi connectivity index (χ4n) is 4.66. The number of hydrogen-bond acceptors (Lipinski definition) is 11. The summed E-state index contributed by atoms with van der Waals surface area (Å²) in [5.41, 5.74) is 2.80. The Balaban J connectivity index is 1.55. The van der Waals surface area contributed by atoms with Gasteiger partial charge in [-0.25, -0.2) is 14.1 Å². The number of ether oxygens (including phenoxy) is 2. The number of para-hydroxylation sites is 1. The van der Waals surface area contributed by atoms with Gasteiger partial charge in [-0.15, -0.1) is 11.6 Å². The largest absolute Gasteiger partial charge is 0.464 e. The van der Waals surface area contributed by atoms with Gasteiger partial charge in [-0.05, 0) is 37.1 Å². The number of alkyl halides is 1. The lowest BCUT2D eigenvalue weighted by Crippen LogP contribution is -2.53. The summed E-state index contributed by atoms with van der Waals surface area (Å²) in [5.74, 6) is -0.406. The number of carbonyl (C=O) groups is 1. The molecule has 42 heavy (non-hydrogen) atoms. The number of nitrogens with zero attached hydrogens (tertiary/aromatic N) is 3. The van der Waals surface area contributed by atoms with E-state index in [1.54, 1.807) is 36.4 Å². The highest BCUT2D eigenvalue weighted by molar-refractivity contribution is 7.52. The maximum Gasteiger partial charge on any atom is 0.459 e. The molecule has 5 N–H and O–H groups in total. The molecule has 3 aromatic rings. The molecule has 0 saturated carbocycles. The molecule has 0 spiro atoms. The monoisotopic (exact) mass is 625 g/mol. The number of hydrogen-bond donors (Lipinski definition) is 4. The minimum Gasteiger partial charge on any atom is -0.464 e. The molecule has 0 radical (unpaired) electrons. The van der Waals surface area contributed by atoms with Gasteiger partial charge in [0.15, 0.2) is 11.4 Å². The summed E-state index contributed by atoms with van der Waals surface area (Å²) in [6.07, 6.45) is 1.25. The molecule has 15 heteroatoms. The van der Waals surface area contributed by atoms with E-state index >= 15 is 0 Å². The summed E-state index contributed by atoms with van der Waals surface area (Å²) in [6, 6.07) is 10.3. The van der Waals surface area contributed by atoms with Gasteiger partial charge in [0.05, 0.1) is 31.4 Å². The van der Waals surface area contributed by atoms with E-state index in [0.29, 0.717) is 5.52 Å². The molecular weight excluding hydrogens is 589 g/mol. The van der Waals surface area contributed by atoms with Crippen molar-refractivity contribution in [2.24, 2.45) is 5.92 Å². The van der Waals surface area contributed by atoms with Gasteiger partial charge >= 0.3 is 13.7 Å². The van der Waals surface area contributed by atoms with Crippen LogP contribution in [0.4, 0.5) is 5.82 Å². The summed E-state index contributed by atoms with van der Waals surface area (Å²) in [4.78, 5) is 16.7. The van der Waals surface area contributed by atoms with Crippen molar-refractivity contribution in [3.05, 3.63) is 54.5 Å². The Morgan fingerprint density at radius 1 is 1.29 bits per heavy atom. The van der Waals surface area contributed by atoms with Gasteiger partial charge in [0.1, 0.15) is 35.3 Å². The number of fused-ring (bicyclic) bond motifs is 1. The molecular formula is C27H37ClN5O8P. The molecule has 0 bridgehead atoms. The number of benzene rings is 1. The average molecular weight is 626 g/mol. The molecule has 1 aromatic carbocycles. The van der Waals surface area contributed by atoms with Gasteiger partial charge in [-0.2, -0.15) is 10.2 Å². The third kappa shape index (κ3) is 6.57. The van der Waals surface area contributed by atoms with Crippen LogP contribution in [0.2, 0.25) is 0 Å². The number of rotatable bonds is 14. The first-order valence-electron chi connectivity index (χ1n) is 13.6. The van der Waals surface area contributed by atoms with Crippen molar-refractivity contribution in [2.75, 3.05) is 31.4 Å². The first-order chi connectivity index (χ1) is 20.0. The predicted octanol–water partition coefficient (Wildman–Crippen LogP) is 3.03. The topological polar surface area (TPSA) is 180 Å². The van der Waals surface area contributed by atoms with Crippen LogP contribution in [-0.4, -0.2) is 74.2 Å². The minimum absolute atomic E-state index is 0.179. The Morgan fingerprint density at radius 2 is 2.00 bits per heavy atom. The van der Waals surface area contributed by atoms with Crippen LogP contribution < -0.4 is 15.3 Å². The first-order valence-corrected chi connectivity index (χ1v) is 15.7. The maximum atomic E-state index is 14.0. The molecule has 3 heterocycles. The minimum atomic E-state index is -4.32. The molecule has 1 unspecified atom stereocenters. The van der Waals surface area contributed by atoms with Crippen LogP contribution in [0, 0.1) is 5.92 Å². The first kappa shape index (κ1) is 32.2. The lowest BCUT2D eigenvalue weighted by Gasteiger charge is -2.34. The zero-order chi connectivity index (χ0) is 30.5. The smallest absolute Gasteiger partial charge is 0.459 e. The number of nitrogens with two attached hydrogens (primary N) is 1. The van der Waals surface area contributed by atoms with E-state index in [-0.39, 0.29) is 35.7 Å². The van der Waals surface area contributed by atoms with Crippen molar-refractivity contribution in [3.8, 4) is 5.75 Å². The Labute approximate surface area is 248 Å². The van der Waals surface area contributed by atoms with E-state index < -0.39 is 50.3 Å². The van der Waals surface area contributed by atoms with E-state index in [9.17, 15) is 19.6 Å². The van der Waals surface area contributed by atoms with Crippen molar-refractivity contribution in [1.29, 1.82) is 0 Å². The van der Waals surface area contributed by atoms with Crippen LogP contribution >= 0.6 is 19.3 Å². The summed E-state index contributed by atoms with van der Waals surface area (Å²) >= 11 is 6.28. The Morgan fingerprint density at radius 3 is 2.67 bits per heavy atom. The molecule has 1 saturated heterocycles. The Hall–Kier alpha value is -2.77. The third-order valence-corrected chi connectivity index (χ3v) is 9.53. The van der Waals surface area contributed by atoms with Gasteiger partial charge < -0.3 is 29.9 Å². The fraction of sp³-hybridized carbons (Fsp3) is 0.519. The van der Waals surface area contributed by atoms with Crippen molar-refractivity contribution in [3.63, 3.8) is 0 Å². The van der Waals surface area contributed by atoms with Crippen molar-refractivity contribution < 1.29 is 38.1 Å². The molecule has 1 aliphatic heterocycles. The SMILES string of the molecule is CCC(CC)COC(=O)[C@H](C)NP(=O)(OC[C@@]1(CCl)OC[C@](O)(c2ccc3c(N)ncnn23)[C@@H]1O)Oc1ccccc1. The number of anilines is 1. The highest BCUT2D eigenvalue weighted by Crippen LogP contribution is 2.49. The van der Waals surface area contributed by atoms with E-state index in [1.807, 2.05) is 13.8 Å². The predicted molar refractivity (Wildman–Crippen MR) is 155 cm³/mol. The number of nitrogens with one attached hydrogen (secondary N) is 1. The average Bonchev–Trinajstić information content (AvgIpc) is 3.54. The molecule has 5 atom stereocenters. The molecule has 4 rings (SSSR count). The van der Waals surface area contributed by atoms with Gasteiger partial charge in [0.2, 0.25) is 0 Å². The van der Waals surface area contributed by atoms with Crippen LogP contribution in [0.5, 0.6) is 5.75 Å². The van der Waals surface area contributed by atoms with E-state index in [2.05, 4.69) is 15.2 Å². The molecule has 13 nitrogen and oxygen atoms in total. The number of aromatic nitrogens is 3. The van der Waals surface area contributed by atoms with E-state index in [1.165, 1.54) is 23.8 Å². The number of nitrogen functional groups attached to an aromatic ring is 1. The molecule has 0 aliphatic carbocycles. The molecule has 1 aliphatic rings. The summed E-state index contributed by atoms with van der Waals surface area (Å²) in [6.45, 7) is 4.75. The summed E-state index contributed by atoms with van der Waals surface area (Å²) in [7, 11) is -4.32. The standard InChI is InChI=1S/C27H37ClN5O8P/c1-4-19(5-2)13-38-24(34)18(3)32-42(37,41-20-9-7-6-8-10-20)40-15-26(14-28)25(35)27(36,16-39-26)22-12-11-21-23(29)30-17-31-33(21)22/h6-12,17-19,25,35-36H,4-5,13-16H2,1-3H3,(H,32,37)(H2,29,30,31)/t18-,25+,26+,27-,42?/m0/s1. The zero-order valence-electron chi connectivity index (χ0n) is 23.7. The second-order valence-electron chi connectivity index (χ2n) is 10.3. The van der Waals surface area contributed by atoms with Gasteiger partial charge in [0, 0.05) is 0 Å². The summed E-state index contributed by atoms with van der Waals surface area (Å²) < 4.78 is 38.1. The van der Waals surface area contributed by atoms with Crippen molar-refractivity contribution >= 4 is 36.7 Å². The zero-order valence-corrected chi connectivity index (χ0v) is 25.3. The third-order valence-electron chi connectivity index (χ3n) is 7.45. The highest BCUT2D eigenvalue weighted by atomic mass is 35.5. The van der Waals surface area contributed by atoms with Crippen molar-refractivity contribution in [2.45, 2.75) is 57.0 Å². The van der Waals surface area contributed by atoms with Crippen LogP contribution in [0.3, 0.4) is 0 Å². The lowest BCUT2D eigenvalue weighted by molar-refractivity contribution is -0.146. The Bertz CT molecular complexity index is 1410. The number of aliphatic hydroxyl groups is 2. The van der Waals surface area contributed by atoms with Crippen LogP contribution in [0.15, 0.2) is 48.8 Å². The van der Waals surface area contributed by atoms with Crippen LogP contribution in [0.25, 0.3) is 5.52 Å². The molecule has 1 fully saturated rings. The molecule has 0 amide bonds. The number of carbonyl (C=O) groups excluding carboxylic acids is 1. The highest BCUT2D eigenvalue weighted by Gasteiger charge is 2.60. The molecule has 2 aromatic heterocycles. The normalized spacial score (nSPS) is 24.5.